The number of carbonyl (C=O) groups is 1. The molecule has 1 aliphatic rings. The molecule has 0 radical (unpaired) electrons. The lowest BCUT2D eigenvalue weighted by Gasteiger charge is -2.18. The second-order valence-electron chi connectivity index (χ2n) is 6.39. The first-order valence-electron chi connectivity index (χ1n) is 8.62. The molecule has 1 aromatic carbocycles. The summed E-state index contributed by atoms with van der Waals surface area (Å²) in [6, 6.07) is 14.0. The summed E-state index contributed by atoms with van der Waals surface area (Å²) in [7, 11) is 1.98. The first-order valence-corrected chi connectivity index (χ1v) is 10.5. The fourth-order valence-corrected chi connectivity index (χ4v) is 4.43. The van der Waals surface area contributed by atoms with Gasteiger partial charge in [-0.3, -0.25) is 4.79 Å². The van der Waals surface area contributed by atoms with Crippen molar-refractivity contribution < 1.29 is 4.79 Å². The quantitative estimate of drug-likeness (QED) is 0.630. The Hall–Kier alpha value is -2.12. The van der Waals surface area contributed by atoms with Crippen molar-refractivity contribution in [3.05, 3.63) is 64.1 Å². The predicted octanol–water partition coefficient (Wildman–Crippen LogP) is 3.75. The maximum Gasteiger partial charge on any atom is 0.231 e. The number of hydrogen-bond acceptors (Lipinski definition) is 5. The minimum absolute atomic E-state index is 0.00627. The summed E-state index contributed by atoms with van der Waals surface area (Å²) in [6.45, 7) is 0. The number of nitrogens with zero attached hydrogens (tertiary/aromatic N) is 3. The lowest BCUT2D eigenvalue weighted by molar-refractivity contribution is -0.119. The van der Waals surface area contributed by atoms with Crippen LogP contribution in [-0.2, 0) is 11.8 Å². The molecule has 7 heteroatoms. The van der Waals surface area contributed by atoms with Crippen LogP contribution in [-0.4, -0.2) is 26.4 Å². The fraction of sp³-hybridized carbons (Fsp3) is 0.316. The van der Waals surface area contributed by atoms with Gasteiger partial charge in [-0.2, -0.15) is 0 Å². The second kappa shape index (κ2) is 7.63. The Morgan fingerprint density at radius 2 is 2.08 bits per heavy atom. The van der Waals surface area contributed by atoms with Gasteiger partial charge in [-0.25, -0.2) is 0 Å². The molecule has 3 aromatic rings. The number of thioether (sulfide) groups is 1. The van der Waals surface area contributed by atoms with Gasteiger partial charge in [0.05, 0.1) is 11.8 Å². The molecule has 26 heavy (non-hydrogen) atoms. The molecule has 1 saturated carbocycles. The summed E-state index contributed by atoms with van der Waals surface area (Å²) in [5.41, 5.74) is 1.09. The van der Waals surface area contributed by atoms with E-state index in [0.717, 1.165) is 21.4 Å². The Morgan fingerprint density at radius 3 is 2.77 bits per heavy atom. The van der Waals surface area contributed by atoms with Crippen LogP contribution in [0.5, 0.6) is 0 Å². The van der Waals surface area contributed by atoms with E-state index in [2.05, 4.69) is 21.6 Å². The van der Waals surface area contributed by atoms with E-state index in [0.29, 0.717) is 11.7 Å². The van der Waals surface area contributed by atoms with E-state index in [9.17, 15) is 4.79 Å². The number of nitrogens with one attached hydrogen (secondary N) is 1. The van der Waals surface area contributed by atoms with Gasteiger partial charge in [0, 0.05) is 17.8 Å². The molecule has 5 nitrogen and oxygen atoms in total. The van der Waals surface area contributed by atoms with Crippen molar-refractivity contribution in [3.8, 4) is 0 Å². The van der Waals surface area contributed by atoms with Crippen LogP contribution in [0.25, 0.3) is 0 Å². The van der Waals surface area contributed by atoms with Crippen LogP contribution >= 0.6 is 23.1 Å². The Balaban J connectivity index is 1.42. The zero-order chi connectivity index (χ0) is 17.9. The van der Waals surface area contributed by atoms with E-state index in [1.165, 1.54) is 24.6 Å². The van der Waals surface area contributed by atoms with E-state index in [1.807, 2.05) is 53.4 Å². The summed E-state index contributed by atoms with van der Waals surface area (Å²) >= 11 is 3.09. The van der Waals surface area contributed by atoms with Crippen molar-refractivity contribution in [1.29, 1.82) is 0 Å². The molecule has 1 N–H and O–H groups in total. The minimum Gasteiger partial charge on any atom is -0.344 e. The van der Waals surface area contributed by atoms with Crippen molar-refractivity contribution in [3.63, 3.8) is 0 Å². The number of hydrogen-bond donors (Lipinski definition) is 1. The number of thiophene rings is 1. The molecule has 1 aliphatic carbocycles. The third-order valence-electron chi connectivity index (χ3n) is 4.41. The fourth-order valence-electron chi connectivity index (χ4n) is 2.90. The number of amides is 1. The highest BCUT2D eigenvalue weighted by Gasteiger charge is 2.29. The third kappa shape index (κ3) is 3.83. The summed E-state index contributed by atoms with van der Waals surface area (Å²) < 4.78 is 2.02. The molecule has 1 unspecified atom stereocenters. The molecule has 4 rings (SSSR count). The first-order chi connectivity index (χ1) is 12.7. The lowest BCUT2D eigenvalue weighted by atomic mass is 10.1. The van der Waals surface area contributed by atoms with Crippen LogP contribution in [0.15, 0.2) is 53.0 Å². The number of rotatable bonds is 7. The van der Waals surface area contributed by atoms with Gasteiger partial charge >= 0.3 is 0 Å². The van der Waals surface area contributed by atoms with Gasteiger partial charge in [-0.05, 0) is 29.9 Å². The van der Waals surface area contributed by atoms with Crippen molar-refractivity contribution in [2.45, 2.75) is 30.0 Å². The third-order valence-corrected chi connectivity index (χ3v) is 6.37. The SMILES string of the molecule is Cn1c(SCC(=O)NC(c2ccccc2)c2cccs2)nnc1C1CC1. The number of carbonyl (C=O) groups excluding carboxylic acids is 1. The molecule has 1 fully saturated rings. The number of benzene rings is 1. The molecule has 134 valence electrons. The Morgan fingerprint density at radius 1 is 1.27 bits per heavy atom. The number of aromatic nitrogens is 3. The average molecular weight is 385 g/mol. The van der Waals surface area contributed by atoms with Gasteiger partial charge in [0.2, 0.25) is 5.91 Å². The average Bonchev–Trinajstić information content (AvgIpc) is 3.22. The summed E-state index contributed by atoms with van der Waals surface area (Å²) in [5, 5.41) is 14.5. The van der Waals surface area contributed by atoms with Gasteiger partial charge in [-0.1, -0.05) is 48.2 Å². The van der Waals surface area contributed by atoms with E-state index in [-0.39, 0.29) is 11.9 Å². The maximum atomic E-state index is 12.6. The summed E-state index contributed by atoms with van der Waals surface area (Å²) in [5.74, 6) is 1.91. The zero-order valence-corrected chi connectivity index (χ0v) is 16.1. The van der Waals surface area contributed by atoms with E-state index in [1.54, 1.807) is 11.3 Å². The molecule has 0 bridgehead atoms. The highest BCUT2D eigenvalue weighted by Crippen LogP contribution is 2.39. The lowest BCUT2D eigenvalue weighted by Crippen LogP contribution is -2.30. The Bertz CT molecular complexity index is 872. The van der Waals surface area contributed by atoms with Crippen molar-refractivity contribution in [2.24, 2.45) is 7.05 Å². The molecular weight excluding hydrogens is 364 g/mol. The molecule has 2 heterocycles. The van der Waals surface area contributed by atoms with Crippen molar-refractivity contribution >= 4 is 29.0 Å². The largest absolute Gasteiger partial charge is 0.344 e. The first kappa shape index (κ1) is 17.3. The molecular formula is C19H20N4OS2. The molecule has 0 aliphatic heterocycles. The van der Waals surface area contributed by atoms with Gasteiger partial charge in [-0.15, -0.1) is 21.5 Å². The highest BCUT2D eigenvalue weighted by molar-refractivity contribution is 7.99. The van der Waals surface area contributed by atoms with Crippen molar-refractivity contribution in [1.82, 2.24) is 20.1 Å². The van der Waals surface area contributed by atoms with E-state index in [4.69, 9.17) is 0 Å². The summed E-state index contributed by atoms with van der Waals surface area (Å²) in [6.07, 6.45) is 2.38. The second-order valence-corrected chi connectivity index (χ2v) is 8.31. The molecule has 0 spiro atoms. The van der Waals surface area contributed by atoms with Crippen LogP contribution in [0, 0.1) is 0 Å². The molecule has 1 amide bonds. The summed E-state index contributed by atoms with van der Waals surface area (Å²) in [4.78, 5) is 13.7. The highest BCUT2D eigenvalue weighted by atomic mass is 32.2. The Kier molecular flexibility index (Phi) is 5.08. The minimum atomic E-state index is -0.120. The molecule has 2 aromatic heterocycles. The maximum absolute atomic E-state index is 12.6. The van der Waals surface area contributed by atoms with Gasteiger partial charge < -0.3 is 9.88 Å². The van der Waals surface area contributed by atoms with E-state index < -0.39 is 0 Å². The van der Waals surface area contributed by atoms with E-state index >= 15 is 0 Å². The molecule has 0 saturated heterocycles. The normalized spacial score (nSPS) is 15.0. The van der Waals surface area contributed by atoms with Crippen LogP contribution in [0.2, 0.25) is 0 Å². The van der Waals surface area contributed by atoms with Gasteiger partial charge in [0.15, 0.2) is 5.16 Å². The van der Waals surface area contributed by atoms with Crippen LogP contribution < -0.4 is 5.32 Å². The smallest absolute Gasteiger partial charge is 0.231 e. The van der Waals surface area contributed by atoms with Gasteiger partial charge in [0.25, 0.3) is 0 Å². The van der Waals surface area contributed by atoms with Crippen LogP contribution in [0.3, 0.4) is 0 Å². The standard InChI is InChI=1S/C19H20N4OS2/c1-23-18(14-9-10-14)21-22-19(23)26-12-16(24)20-17(15-8-5-11-25-15)13-6-3-2-4-7-13/h2-8,11,14,17H,9-10,12H2,1H3,(H,20,24). The monoisotopic (exact) mass is 384 g/mol. The topological polar surface area (TPSA) is 59.8 Å². The van der Waals surface area contributed by atoms with Crippen LogP contribution in [0.4, 0.5) is 0 Å². The van der Waals surface area contributed by atoms with Crippen molar-refractivity contribution in [2.75, 3.05) is 5.75 Å². The van der Waals surface area contributed by atoms with Crippen LogP contribution in [0.1, 0.15) is 41.1 Å². The van der Waals surface area contributed by atoms with Gasteiger partial charge in [0.1, 0.15) is 5.82 Å². The molecule has 1 atom stereocenters. The predicted molar refractivity (Wildman–Crippen MR) is 104 cm³/mol. The Labute approximate surface area is 160 Å². The zero-order valence-electron chi connectivity index (χ0n) is 14.5.